The van der Waals surface area contributed by atoms with Crippen LogP contribution >= 0.6 is 0 Å². The maximum atomic E-state index is 12.4. The van der Waals surface area contributed by atoms with Crippen LogP contribution in [0.1, 0.15) is 52.9 Å². The van der Waals surface area contributed by atoms with Gasteiger partial charge in [0.15, 0.2) is 0 Å². The minimum Gasteiger partial charge on any atom is -0.481 e. The Hall–Kier alpha value is -1.06. The highest BCUT2D eigenvalue weighted by Crippen LogP contribution is 2.32. The molecule has 2 unspecified atom stereocenters. The van der Waals surface area contributed by atoms with E-state index in [9.17, 15) is 9.59 Å². The molecule has 1 saturated carbocycles. The average Bonchev–Trinajstić information content (AvgIpc) is 2.37. The van der Waals surface area contributed by atoms with Crippen LogP contribution in [-0.2, 0) is 9.59 Å². The molecular weight excluding hydrogens is 230 g/mol. The fraction of sp³-hybridized carbons (Fsp3) is 0.857. The van der Waals surface area contributed by atoms with Gasteiger partial charge in [-0.25, -0.2) is 0 Å². The molecule has 104 valence electrons. The highest BCUT2D eigenvalue weighted by molar-refractivity contribution is 5.80. The number of nitrogens with zero attached hydrogens (tertiary/aromatic N) is 1. The van der Waals surface area contributed by atoms with Crippen LogP contribution in [0.4, 0.5) is 0 Å². The van der Waals surface area contributed by atoms with Gasteiger partial charge in [-0.3, -0.25) is 9.59 Å². The third-order valence-corrected chi connectivity index (χ3v) is 4.48. The summed E-state index contributed by atoms with van der Waals surface area (Å²) >= 11 is 0. The van der Waals surface area contributed by atoms with E-state index in [4.69, 9.17) is 5.11 Å². The van der Waals surface area contributed by atoms with E-state index in [1.165, 1.54) is 0 Å². The molecular formula is C14H25NO3. The van der Waals surface area contributed by atoms with Crippen molar-refractivity contribution in [1.82, 2.24) is 4.90 Å². The molecule has 0 aromatic heterocycles. The molecule has 0 radical (unpaired) electrons. The number of carboxylic acids is 1. The Labute approximate surface area is 109 Å². The summed E-state index contributed by atoms with van der Waals surface area (Å²) in [5.41, 5.74) is -0.159. The number of rotatable bonds is 4. The minimum atomic E-state index is -0.759. The standard InChI is InChI=1S/C14H25NO3/c1-5-14(2,3)15(4)12(16)10-7-6-8-11(9-10)13(17)18/h10-11H,5-9H2,1-4H3,(H,17,18). The zero-order valence-corrected chi connectivity index (χ0v) is 11.9. The second kappa shape index (κ2) is 5.72. The first-order valence-electron chi connectivity index (χ1n) is 6.80. The highest BCUT2D eigenvalue weighted by atomic mass is 16.4. The van der Waals surface area contributed by atoms with Gasteiger partial charge in [0.05, 0.1) is 5.92 Å². The molecule has 0 aromatic carbocycles. The molecule has 2 atom stereocenters. The molecule has 1 amide bonds. The molecule has 1 N–H and O–H groups in total. The lowest BCUT2D eigenvalue weighted by molar-refractivity contribution is -0.146. The minimum absolute atomic E-state index is 0.104. The van der Waals surface area contributed by atoms with Crippen molar-refractivity contribution in [3.63, 3.8) is 0 Å². The molecule has 1 fully saturated rings. The van der Waals surface area contributed by atoms with Gasteiger partial charge in [-0.1, -0.05) is 13.3 Å². The second-order valence-corrected chi connectivity index (χ2v) is 5.96. The van der Waals surface area contributed by atoms with Crippen LogP contribution in [0, 0.1) is 11.8 Å². The van der Waals surface area contributed by atoms with E-state index in [0.717, 1.165) is 19.3 Å². The van der Waals surface area contributed by atoms with Gasteiger partial charge >= 0.3 is 5.97 Å². The summed E-state index contributed by atoms with van der Waals surface area (Å²) in [4.78, 5) is 25.2. The summed E-state index contributed by atoms with van der Waals surface area (Å²) in [6, 6.07) is 0. The Bertz CT molecular complexity index is 325. The smallest absolute Gasteiger partial charge is 0.306 e. The van der Waals surface area contributed by atoms with Crippen molar-refractivity contribution in [2.24, 2.45) is 11.8 Å². The van der Waals surface area contributed by atoms with Crippen molar-refractivity contribution in [1.29, 1.82) is 0 Å². The average molecular weight is 255 g/mol. The van der Waals surface area contributed by atoms with Gasteiger partial charge in [-0.15, -0.1) is 0 Å². The fourth-order valence-electron chi connectivity index (χ4n) is 2.45. The van der Waals surface area contributed by atoms with E-state index < -0.39 is 5.97 Å². The molecule has 0 bridgehead atoms. The molecule has 0 saturated heterocycles. The summed E-state index contributed by atoms with van der Waals surface area (Å²) in [7, 11) is 1.83. The largest absolute Gasteiger partial charge is 0.481 e. The lowest BCUT2D eigenvalue weighted by Crippen LogP contribution is -2.48. The molecule has 18 heavy (non-hydrogen) atoms. The van der Waals surface area contributed by atoms with Gasteiger partial charge in [0.25, 0.3) is 0 Å². The van der Waals surface area contributed by atoms with Gasteiger partial charge in [-0.2, -0.15) is 0 Å². The van der Waals surface area contributed by atoms with Crippen LogP contribution in [0.3, 0.4) is 0 Å². The number of carbonyl (C=O) groups excluding carboxylic acids is 1. The number of hydrogen-bond donors (Lipinski definition) is 1. The van der Waals surface area contributed by atoms with Crippen LogP contribution in [0.2, 0.25) is 0 Å². The second-order valence-electron chi connectivity index (χ2n) is 5.96. The molecule has 1 aliphatic carbocycles. The molecule has 1 rings (SSSR count). The molecule has 0 aromatic rings. The maximum Gasteiger partial charge on any atom is 0.306 e. The fourth-order valence-corrected chi connectivity index (χ4v) is 2.45. The molecule has 0 heterocycles. The van der Waals surface area contributed by atoms with Crippen LogP contribution < -0.4 is 0 Å². The maximum absolute atomic E-state index is 12.4. The first-order chi connectivity index (χ1) is 8.29. The van der Waals surface area contributed by atoms with E-state index in [0.29, 0.717) is 12.8 Å². The van der Waals surface area contributed by atoms with E-state index in [1.54, 1.807) is 4.90 Å². The van der Waals surface area contributed by atoms with Crippen molar-refractivity contribution < 1.29 is 14.7 Å². The van der Waals surface area contributed by atoms with E-state index in [2.05, 4.69) is 6.92 Å². The zero-order chi connectivity index (χ0) is 13.9. The Kier molecular flexibility index (Phi) is 4.77. The molecule has 4 nitrogen and oxygen atoms in total. The van der Waals surface area contributed by atoms with Gasteiger partial charge in [0.2, 0.25) is 5.91 Å². The van der Waals surface area contributed by atoms with Gasteiger partial charge in [-0.05, 0) is 39.5 Å². The number of carboxylic acid groups (broad SMARTS) is 1. The summed E-state index contributed by atoms with van der Waals surface area (Å²) in [5.74, 6) is -1.11. The topological polar surface area (TPSA) is 57.6 Å². The number of amides is 1. The highest BCUT2D eigenvalue weighted by Gasteiger charge is 2.35. The SMILES string of the molecule is CCC(C)(C)N(C)C(=O)C1CCCC(C(=O)O)C1. The molecule has 4 heteroatoms. The Morgan fingerprint density at radius 1 is 1.28 bits per heavy atom. The first kappa shape index (κ1) is 15.0. The van der Waals surface area contributed by atoms with Gasteiger partial charge in [0, 0.05) is 18.5 Å². The van der Waals surface area contributed by atoms with Crippen LogP contribution in [0.15, 0.2) is 0 Å². The van der Waals surface area contributed by atoms with Gasteiger partial charge in [0.1, 0.15) is 0 Å². The van der Waals surface area contributed by atoms with Crippen LogP contribution in [0.5, 0.6) is 0 Å². The predicted molar refractivity (Wildman–Crippen MR) is 70.2 cm³/mol. The summed E-state index contributed by atoms with van der Waals surface area (Å²) < 4.78 is 0. The predicted octanol–water partition coefficient (Wildman–Crippen LogP) is 2.52. The summed E-state index contributed by atoms with van der Waals surface area (Å²) in [6.45, 7) is 6.15. The van der Waals surface area contributed by atoms with Crippen LogP contribution in [-0.4, -0.2) is 34.5 Å². The molecule has 0 spiro atoms. The molecule has 0 aliphatic heterocycles. The van der Waals surface area contributed by atoms with Gasteiger partial charge < -0.3 is 10.0 Å². The van der Waals surface area contributed by atoms with Crippen molar-refractivity contribution in [3.8, 4) is 0 Å². The van der Waals surface area contributed by atoms with Crippen molar-refractivity contribution in [2.75, 3.05) is 7.05 Å². The quantitative estimate of drug-likeness (QED) is 0.839. The van der Waals surface area contributed by atoms with Crippen molar-refractivity contribution in [2.45, 2.75) is 58.4 Å². The van der Waals surface area contributed by atoms with Crippen molar-refractivity contribution in [3.05, 3.63) is 0 Å². The Morgan fingerprint density at radius 3 is 2.33 bits per heavy atom. The first-order valence-corrected chi connectivity index (χ1v) is 6.80. The van der Waals surface area contributed by atoms with E-state index in [1.807, 2.05) is 20.9 Å². The lowest BCUT2D eigenvalue weighted by atomic mass is 9.80. The number of carbonyl (C=O) groups is 2. The van der Waals surface area contributed by atoms with Crippen molar-refractivity contribution >= 4 is 11.9 Å². The lowest BCUT2D eigenvalue weighted by Gasteiger charge is -2.38. The van der Waals surface area contributed by atoms with Crippen LogP contribution in [0.25, 0.3) is 0 Å². The summed E-state index contributed by atoms with van der Waals surface area (Å²) in [5, 5.41) is 9.06. The zero-order valence-electron chi connectivity index (χ0n) is 11.9. The Balaban J connectivity index is 2.69. The van der Waals surface area contributed by atoms with E-state index >= 15 is 0 Å². The third-order valence-electron chi connectivity index (χ3n) is 4.48. The summed E-state index contributed by atoms with van der Waals surface area (Å²) in [6.07, 6.45) is 3.77. The van der Waals surface area contributed by atoms with E-state index in [-0.39, 0.29) is 23.3 Å². The molecule has 1 aliphatic rings. The number of aliphatic carboxylic acids is 1. The Morgan fingerprint density at radius 2 is 1.83 bits per heavy atom. The third kappa shape index (κ3) is 3.24. The normalized spacial score (nSPS) is 24.7. The monoisotopic (exact) mass is 255 g/mol. The number of hydrogen-bond acceptors (Lipinski definition) is 2.